The molecule has 1 aromatic carbocycles. The van der Waals surface area contributed by atoms with Crippen molar-refractivity contribution in [3.8, 4) is 0 Å². The summed E-state index contributed by atoms with van der Waals surface area (Å²) in [4.78, 5) is 27.5. The second-order valence-electron chi connectivity index (χ2n) is 6.09. The molecule has 0 bridgehead atoms. The zero-order valence-electron chi connectivity index (χ0n) is 14.2. The maximum absolute atomic E-state index is 12.2. The average molecular weight is 318 g/mol. The Labute approximate surface area is 138 Å². The molecule has 1 aliphatic heterocycles. The Morgan fingerprint density at radius 1 is 1.04 bits per heavy atom. The fraction of sp³-hybridized carbons (Fsp3) is 0.556. The Morgan fingerprint density at radius 2 is 1.65 bits per heavy atom. The lowest BCUT2D eigenvalue weighted by Gasteiger charge is -2.22. The van der Waals surface area contributed by atoms with Crippen LogP contribution in [0.25, 0.3) is 0 Å². The second-order valence-corrected chi connectivity index (χ2v) is 6.09. The van der Waals surface area contributed by atoms with Crippen LogP contribution in [0.15, 0.2) is 24.3 Å². The molecule has 2 amide bonds. The number of nitrogens with one attached hydrogen (secondary N) is 2. The molecule has 0 unspecified atom stereocenters. The van der Waals surface area contributed by atoms with Crippen LogP contribution in [0.2, 0.25) is 0 Å². The Hall–Kier alpha value is -1.88. The summed E-state index contributed by atoms with van der Waals surface area (Å²) in [6.45, 7) is 8.05. The maximum atomic E-state index is 12.2. The molecule has 23 heavy (non-hydrogen) atoms. The number of amides is 2. The van der Waals surface area contributed by atoms with Gasteiger partial charge in [0.15, 0.2) is 6.54 Å². The molecule has 5 heteroatoms. The van der Waals surface area contributed by atoms with Crippen LogP contribution in [0.3, 0.4) is 0 Å². The van der Waals surface area contributed by atoms with Crippen molar-refractivity contribution in [3.63, 3.8) is 0 Å². The molecule has 1 aliphatic rings. The van der Waals surface area contributed by atoms with Gasteiger partial charge in [0.2, 0.25) is 0 Å². The van der Waals surface area contributed by atoms with E-state index >= 15 is 0 Å². The molecule has 1 fully saturated rings. The molecule has 1 aromatic rings. The Bertz CT molecular complexity index is 518. The van der Waals surface area contributed by atoms with Crippen LogP contribution >= 0.6 is 0 Å². The van der Waals surface area contributed by atoms with Crippen LogP contribution in [0.5, 0.6) is 0 Å². The molecule has 0 spiro atoms. The fourth-order valence-corrected chi connectivity index (χ4v) is 3.05. The van der Waals surface area contributed by atoms with Gasteiger partial charge < -0.3 is 15.1 Å². The van der Waals surface area contributed by atoms with Crippen LogP contribution in [0, 0.1) is 0 Å². The van der Waals surface area contributed by atoms with Crippen molar-refractivity contribution in [2.75, 3.05) is 38.0 Å². The van der Waals surface area contributed by atoms with Crippen LogP contribution < -0.4 is 10.2 Å². The van der Waals surface area contributed by atoms with Crippen molar-refractivity contribution in [2.45, 2.75) is 33.1 Å². The SMILES string of the molecule is CCN(CC)C(=O)c1ccc(NC(=O)C[NH+]2CCCCC2)cc1. The summed E-state index contributed by atoms with van der Waals surface area (Å²) < 4.78 is 0. The first-order valence-electron chi connectivity index (χ1n) is 8.66. The van der Waals surface area contributed by atoms with E-state index in [2.05, 4.69) is 5.32 Å². The van der Waals surface area contributed by atoms with E-state index in [1.807, 2.05) is 13.8 Å². The number of benzene rings is 1. The van der Waals surface area contributed by atoms with Gasteiger partial charge in [0.05, 0.1) is 13.1 Å². The summed E-state index contributed by atoms with van der Waals surface area (Å²) in [6.07, 6.45) is 3.71. The second kappa shape index (κ2) is 8.67. The van der Waals surface area contributed by atoms with E-state index in [9.17, 15) is 9.59 Å². The molecule has 0 saturated carbocycles. The number of rotatable bonds is 6. The first-order valence-corrected chi connectivity index (χ1v) is 8.66. The summed E-state index contributed by atoms with van der Waals surface area (Å²) in [5.41, 5.74) is 1.41. The average Bonchev–Trinajstić information content (AvgIpc) is 2.57. The summed E-state index contributed by atoms with van der Waals surface area (Å²) in [7, 11) is 0. The van der Waals surface area contributed by atoms with E-state index in [4.69, 9.17) is 0 Å². The third-order valence-electron chi connectivity index (χ3n) is 4.44. The number of piperidine rings is 1. The molecule has 2 N–H and O–H groups in total. The van der Waals surface area contributed by atoms with E-state index in [0.29, 0.717) is 25.2 Å². The smallest absolute Gasteiger partial charge is 0.279 e. The van der Waals surface area contributed by atoms with Gasteiger partial charge in [-0.15, -0.1) is 0 Å². The number of hydrogen-bond acceptors (Lipinski definition) is 2. The number of likely N-dealkylation sites (tertiary alicyclic amines) is 1. The van der Waals surface area contributed by atoms with Gasteiger partial charge in [0.25, 0.3) is 11.8 Å². The van der Waals surface area contributed by atoms with Crippen molar-refractivity contribution in [2.24, 2.45) is 0 Å². The van der Waals surface area contributed by atoms with Crippen molar-refractivity contribution in [1.29, 1.82) is 0 Å². The molecule has 2 rings (SSSR count). The highest BCUT2D eigenvalue weighted by molar-refractivity contribution is 5.96. The quantitative estimate of drug-likeness (QED) is 0.827. The van der Waals surface area contributed by atoms with Gasteiger partial charge in [-0.05, 0) is 57.4 Å². The standard InChI is InChI=1S/C18H27N3O2/c1-3-21(4-2)18(23)15-8-10-16(11-9-15)19-17(22)14-20-12-6-5-7-13-20/h8-11H,3-7,12-14H2,1-2H3,(H,19,22)/p+1. The molecule has 1 heterocycles. The predicted octanol–water partition coefficient (Wildman–Crippen LogP) is 1.18. The normalized spacial score (nSPS) is 15.2. The van der Waals surface area contributed by atoms with Gasteiger partial charge in [-0.3, -0.25) is 9.59 Å². The topological polar surface area (TPSA) is 53.9 Å². The van der Waals surface area contributed by atoms with Crippen molar-refractivity contribution in [1.82, 2.24) is 4.90 Å². The molecule has 0 aliphatic carbocycles. The molecular weight excluding hydrogens is 290 g/mol. The van der Waals surface area contributed by atoms with Crippen molar-refractivity contribution < 1.29 is 14.5 Å². The number of nitrogens with zero attached hydrogens (tertiary/aromatic N) is 1. The Morgan fingerprint density at radius 3 is 2.22 bits per heavy atom. The summed E-state index contributed by atoms with van der Waals surface area (Å²) in [5.74, 6) is 0.0790. The van der Waals surface area contributed by atoms with Gasteiger partial charge in [-0.1, -0.05) is 0 Å². The highest BCUT2D eigenvalue weighted by Gasteiger charge is 2.17. The number of carbonyl (C=O) groups excluding carboxylic acids is 2. The zero-order chi connectivity index (χ0) is 16.7. The van der Waals surface area contributed by atoms with E-state index in [0.717, 1.165) is 18.8 Å². The van der Waals surface area contributed by atoms with E-state index in [1.165, 1.54) is 24.2 Å². The van der Waals surface area contributed by atoms with Crippen molar-refractivity contribution in [3.05, 3.63) is 29.8 Å². The monoisotopic (exact) mass is 318 g/mol. The highest BCUT2D eigenvalue weighted by Crippen LogP contribution is 2.11. The Kier molecular flexibility index (Phi) is 6.59. The predicted molar refractivity (Wildman–Crippen MR) is 91.7 cm³/mol. The van der Waals surface area contributed by atoms with Crippen LogP contribution in [-0.2, 0) is 4.79 Å². The van der Waals surface area contributed by atoms with Gasteiger partial charge >= 0.3 is 0 Å². The third-order valence-corrected chi connectivity index (χ3v) is 4.44. The summed E-state index contributed by atoms with van der Waals surface area (Å²) >= 11 is 0. The van der Waals surface area contributed by atoms with Gasteiger partial charge in [0.1, 0.15) is 0 Å². The minimum atomic E-state index is 0.0330. The van der Waals surface area contributed by atoms with Gasteiger partial charge in [0, 0.05) is 24.3 Å². The number of carbonyl (C=O) groups is 2. The van der Waals surface area contributed by atoms with Crippen LogP contribution in [0.1, 0.15) is 43.5 Å². The van der Waals surface area contributed by atoms with Gasteiger partial charge in [-0.25, -0.2) is 0 Å². The van der Waals surface area contributed by atoms with Crippen LogP contribution in [-0.4, -0.2) is 49.4 Å². The largest absolute Gasteiger partial charge is 0.339 e. The third kappa shape index (κ3) is 5.06. The summed E-state index contributed by atoms with van der Waals surface area (Å²) in [6, 6.07) is 7.17. The lowest BCUT2D eigenvalue weighted by Crippen LogP contribution is -3.13. The summed E-state index contributed by atoms with van der Waals surface area (Å²) in [5, 5.41) is 2.93. The number of anilines is 1. The Balaban J connectivity index is 1.89. The zero-order valence-corrected chi connectivity index (χ0v) is 14.2. The molecule has 0 radical (unpaired) electrons. The number of quaternary nitrogens is 1. The van der Waals surface area contributed by atoms with Crippen molar-refractivity contribution >= 4 is 17.5 Å². The fourth-order valence-electron chi connectivity index (χ4n) is 3.05. The molecule has 126 valence electrons. The minimum absolute atomic E-state index is 0.0330. The molecule has 5 nitrogen and oxygen atoms in total. The minimum Gasteiger partial charge on any atom is -0.339 e. The maximum Gasteiger partial charge on any atom is 0.279 e. The van der Waals surface area contributed by atoms with E-state index in [-0.39, 0.29) is 11.8 Å². The highest BCUT2D eigenvalue weighted by atomic mass is 16.2. The van der Waals surface area contributed by atoms with Crippen LogP contribution in [0.4, 0.5) is 5.69 Å². The first kappa shape index (κ1) is 17.5. The lowest BCUT2D eigenvalue weighted by atomic mass is 10.1. The molecule has 0 atom stereocenters. The molecular formula is C18H28N3O2+. The first-order chi connectivity index (χ1) is 11.1. The molecule has 1 saturated heterocycles. The molecule has 0 aromatic heterocycles. The van der Waals surface area contributed by atoms with E-state index < -0.39 is 0 Å². The van der Waals surface area contributed by atoms with Gasteiger partial charge in [-0.2, -0.15) is 0 Å². The van der Waals surface area contributed by atoms with E-state index in [1.54, 1.807) is 29.2 Å². The lowest BCUT2D eigenvalue weighted by molar-refractivity contribution is -0.896. The number of hydrogen-bond donors (Lipinski definition) is 2.